The fourth-order valence-corrected chi connectivity index (χ4v) is 1.97. The third-order valence-electron chi connectivity index (χ3n) is 2.44. The Hall–Kier alpha value is -2.06. The number of hydrogen-bond acceptors (Lipinski definition) is 5. The van der Waals surface area contributed by atoms with Gasteiger partial charge in [0.15, 0.2) is 11.6 Å². The number of aryl methyl sites for hydroxylation is 1. The topological polar surface area (TPSA) is 118 Å². The molecule has 0 fully saturated rings. The number of nitrogens with zero attached hydrogens (tertiary/aromatic N) is 2. The first kappa shape index (κ1) is 12.4. The maximum absolute atomic E-state index is 10.9. The van der Waals surface area contributed by atoms with Crippen LogP contribution in [0.15, 0.2) is 29.2 Å². The highest BCUT2D eigenvalue weighted by Crippen LogP contribution is 2.26. The van der Waals surface area contributed by atoms with Crippen molar-refractivity contribution in [3.63, 3.8) is 0 Å². The Kier molecular flexibility index (Phi) is 2.76. The van der Waals surface area contributed by atoms with Crippen molar-refractivity contribution in [3.05, 3.63) is 30.0 Å². The highest BCUT2D eigenvalue weighted by atomic mass is 32.2. The van der Waals surface area contributed by atoms with Gasteiger partial charge in [-0.2, -0.15) is 13.5 Å². The lowest BCUT2D eigenvalue weighted by molar-refractivity contribution is 0.473. The molecule has 0 spiro atoms. The largest absolute Gasteiger partial charge is 0.503 e. The number of benzene rings is 1. The summed E-state index contributed by atoms with van der Waals surface area (Å²) in [5.74, 6) is -0.0547. The van der Waals surface area contributed by atoms with Crippen molar-refractivity contribution < 1.29 is 18.1 Å². The molecule has 0 aliphatic heterocycles. The van der Waals surface area contributed by atoms with Gasteiger partial charge in [-0.15, -0.1) is 0 Å². The van der Waals surface area contributed by atoms with Gasteiger partial charge in [0, 0.05) is 0 Å². The monoisotopic (exact) mass is 269 g/mol. The molecule has 2 aromatic rings. The van der Waals surface area contributed by atoms with Gasteiger partial charge in [-0.05, 0) is 31.2 Å². The van der Waals surface area contributed by atoms with E-state index < -0.39 is 10.1 Å². The Labute approximate surface area is 103 Å². The van der Waals surface area contributed by atoms with Gasteiger partial charge in [-0.1, -0.05) is 0 Å². The molecule has 7 nitrogen and oxygen atoms in total. The predicted octanol–water partition coefficient (Wildman–Crippen LogP) is 0.715. The molecular weight excluding hydrogens is 258 g/mol. The first-order valence-corrected chi connectivity index (χ1v) is 6.36. The SMILES string of the molecule is Cc1nn(-c2ccc(S(=O)(=O)O)cc2)c(N)c1O. The number of rotatable bonds is 2. The summed E-state index contributed by atoms with van der Waals surface area (Å²) in [5, 5.41) is 13.5. The minimum atomic E-state index is -4.23. The molecule has 0 bridgehead atoms. The van der Waals surface area contributed by atoms with Crippen LogP contribution in [-0.2, 0) is 10.1 Å². The molecule has 1 heterocycles. The van der Waals surface area contributed by atoms with Gasteiger partial charge in [-0.25, -0.2) is 4.68 Å². The van der Waals surface area contributed by atoms with Crippen LogP contribution in [0, 0.1) is 6.92 Å². The van der Waals surface area contributed by atoms with Crippen molar-refractivity contribution >= 4 is 15.9 Å². The van der Waals surface area contributed by atoms with Crippen LogP contribution < -0.4 is 5.73 Å². The van der Waals surface area contributed by atoms with Gasteiger partial charge < -0.3 is 10.8 Å². The van der Waals surface area contributed by atoms with Crippen molar-refractivity contribution in [1.29, 1.82) is 0 Å². The second-order valence-corrected chi connectivity index (χ2v) is 5.12. The molecule has 0 atom stereocenters. The summed E-state index contributed by atoms with van der Waals surface area (Å²) in [4.78, 5) is -0.224. The predicted molar refractivity (Wildman–Crippen MR) is 64.2 cm³/mol. The van der Waals surface area contributed by atoms with Gasteiger partial charge in [0.2, 0.25) is 0 Å². The third kappa shape index (κ3) is 2.03. The average Bonchev–Trinajstić information content (AvgIpc) is 2.56. The second-order valence-electron chi connectivity index (χ2n) is 3.70. The minimum absolute atomic E-state index is 0.0621. The normalized spacial score (nSPS) is 11.7. The van der Waals surface area contributed by atoms with Crippen LogP contribution in [0.5, 0.6) is 5.75 Å². The number of anilines is 1. The Balaban J connectivity index is 2.50. The number of hydrogen-bond donors (Lipinski definition) is 3. The van der Waals surface area contributed by atoms with Crippen LogP contribution >= 0.6 is 0 Å². The van der Waals surface area contributed by atoms with Crippen LogP contribution in [0.1, 0.15) is 5.69 Å². The van der Waals surface area contributed by atoms with Crippen molar-refractivity contribution in [2.45, 2.75) is 11.8 Å². The molecule has 0 aliphatic carbocycles. The summed E-state index contributed by atoms with van der Waals surface area (Å²) in [6, 6.07) is 5.28. The number of nitrogens with two attached hydrogens (primary N) is 1. The quantitative estimate of drug-likeness (QED) is 0.691. The summed E-state index contributed by atoms with van der Waals surface area (Å²) >= 11 is 0. The lowest BCUT2D eigenvalue weighted by atomic mass is 10.3. The molecule has 0 saturated heterocycles. The molecule has 4 N–H and O–H groups in total. The second kappa shape index (κ2) is 4.00. The van der Waals surface area contributed by atoms with E-state index in [9.17, 15) is 13.5 Å². The number of aromatic nitrogens is 2. The first-order chi connectivity index (χ1) is 8.30. The molecule has 0 unspecified atom stereocenters. The molecule has 0 radical (unpaired) electrons. The lowest BCUT2D eigenvalue weighted by Crippen LogP contribution is -2.03. The Morgan fingerprint density at radius 3 is 2.22 bits per heavy atom. The Bertz CT molecular complexity index is 689. The molecule has 18 heavy (non-hydrogen) atoms. The van der Waals surface area contributed by atoms with E-state index in [2.05, 4.69) is 5.10 Å². The summed E-state index contributed by atoms with van der Waals surface area (Å²) < 4.78 is 31.9. The molecule has 2 rings (SSSR count). The fourth-order valence-electron chi connectivity index (χ4n) is 1.49. The molecule has 0 saturated carbocycles. The Morgan fingerprint density at radius 2 is 1.83 bits per heavy atom. The summed E-state index contributed by atoms with van der Waals surface area (Å²) in [6.07, 6.45) is 0. The summed E-state index contributed by atoms with van der Waals surface area (Å²) in [5.41, 5.74) is 6.48. The molecule has 0 amide bonds. The van der Waals surface area contributed by atoms with E-state index in [4.69, 9.17) is 10.3 Å². The third-order valence-corrected chi connectivity index (χ3v) is 3.31. The zero-order valence-electron chi connectivity index (χ0n) is 9.40. The van der Waals surface area contributed by atoms with E-state index >= 15 is 0 Å². The van der Waals surface area contributed by atoms with Crippen molar-refractivity contribution in [2.24, 2.45) is 0 Å². The average molecular weight is 269 g/mol. The molecule has 0 aliphatic rings. The van der Waals surface area contributed by atoms with Crippen LogP contribution in [0.4, 0.5) is 5.82 Å². The maximum Gasteiger partial charge on any atom is 0.294 e. The smallest absolute Gasteiger partial charge is 0.294 e. The maximum atomic E-state index is 10.9. The van der Waals surface area contributed by atoms with E-state index in [0.717, 1.165) is 0 Å². The van der Waals surface area contributed by atoms with E-state index in [0.29, 0.717) is 11.4 Å². The van der Waals surface area contributed by atoms with Crippen LogP contribution in [0.3, 0.4) is 0 Å². The Morgan fingerprint density at radius 1 is 1.28 bits per heavy atom. The van der Waals surface area contributed by atoms with Crippen molar-refractivity contribution in [3.8, 4) is 11.4 Å². The highest BCUT2D eigenvalue weighted by molar-refractivity contribution is 7.85. The molecule has 96 valence electrons. The van der Waals surface area contributed by atoms with Gasteiger partial charge in [0.05, 0.1) is 10.6 Å². The molecule has 8 heteroatoms. The highest BCUT2D eigenvalue weighted by Gasteiger charge is 2.14. The van der Waals surface area contributed by atoms with E-state index in [1.54, 1.807) is 6.92 Å². The zero-order chi connectivity index (χ0) is 13.5. The van der Waals surface area contributed by atoms with Gasteiger partial charge in [0.25, 0.3) is 10.1 Å². The van der Waals surface area contributed by atoms with E-state index in [-0.39, 0.29) is 16.5 Å². The van der Waals surface area contributed by atoms with Crippen molar-refractivity contribution in [2.75, 3.05) is 5.73 Å². The van der Waals surface area contributed by atoms with Crippen LogP contribution in [-0.4, -0.2) is 27.9 Å². The fraction of sp³-hybridized carbons (Fsp3) is 0.100. The van der Waals surface area contributed by atoms with Gasteiger partial charge in [-0.3, -0.25) is 4.55 Å². The lowest BCUT2D eigenvalue weighted by Gasteiger charge is -2.04. The standard InChI is InChI=1S/C10H11N3O4S/c1-6-9(14)10(11)13(12-6)7-2-4-8(5-3-7)18(15,16)17/h2-5,14H,11H2,1H3,(H,15,16,17). The van der Waals surface area contributed by atoms with Gasteiger partial charge >= 0.3 is 0 Å². The van der Waals surface area contributed by atoms with Gasteiger partial charge in [0.1, 0.15) is 5.69 Å². The molecule has 1 aromatic heterocycles. The summed E-state index contributed by atoms with van der Waals surface area (Å²) in [6.45, 7) is 1.59. The number of nitrogen functional groups attached to an aromatic ring is 1. The van der Waals surface area contributed by atoms with Crippen LogP contribution in [0.25, 0.3) is 5.69 Å². The van der Waals surface area contributed by atoms with E-state index in [1.165, 1.54) is 28.9 Å². The zero-order valence-corrected chi connectivity index (χ0v) is 10.2. The van der Waals surface area contributed by atoms with E-state index in [1.807, 2.05) is 0 Å². The van der Waals surface area contributed by atoms with Crippen LogP contribution in [0.2, 0.25) is 0 Å². The molecule has 1 aromatic carbocycles. The number of aromatic hydroxyl groups is 1. The summed E-state index contributed by atoms with van der Waals surface area (Å²) in [7, 11) is -4.23. The van der Waals surface area contributed by atoms with Crippen molar-refractivity contribution in [1.82, 2.24) is 9.78 Å². The minimum Gasteiger partial charge on any atom is -0.503 e. The molecular formula is C10H11N3O4S. The first-order valence-electron chi connectivity index (χ1n) is 4.92.